The highest BCUT2D eigenvalue weighted by Gasteiger charge is 1.99. The zero-order chi connectivity index (χ0) is 9.23. The van der Waals surface area contributed by atoms with Crippen LogP contribution in [0.3, 0.4) is 0 Å². The molecule has 0 spiro atoms. The van der Waals surface area contributed by atoms with E-state index >= 15 is 0 Å². The molecular weight excluding hydrogens is 172 g/mol. The monoisotopic (exact) mass is 192 g/mol. The molecule has 0 heterocycles. The van der Waals surface area contributed by atoms with Crippen LogP contribution in [0.1, 0.15) is 46.0 Å². The summed E-state index contributed by atoms with van der Waals surface area (Å²) in [5.74, 6) is 0. The molecule has 74 valence electrons. The Labute approximate surface area is 81.4 Å². The summed E-state index contributed by atoms with van der Waals surface area (Å²) in [6, 6.07) is 0. The maximum atomic E-state index is 5.88. The average Bonchev–Trinajstić information content (AvgIpc) is 2.10. The lowest BCUT2D eigenvalue weighted by Crippen LogP contribution is -2.08. The SMILES string of the molecule is CCCCCCOCC(Cl)CC. The maximum Gasteiger partial charge on any atom is 0.0630 e. The van der Waals surface area contributed by atoms with Gasteiger partial charge in [0.1, 0.15) is 0 Å². The minimum Gasteiger partial charge on any atom is -0.380 e. The second-order valence-corrected chi connectivity index (χ2v) is 3.76. The molecule has 1 atom stereocenters. The van der Waals surface area contributed by atoms with Gasteiger partial charge in [-0.25, -0.2) is 0 Å². The van der Waals surface area contributed by atoms with Crippen molar-refractivity contribution < 1.29 is 4.74 Å². The molecule has 0 amide bonds. The second-order valence-electron chi connectivity index (χ2n) is 3.14. The lowest BCUT2D eigenvalue weighted by atomic mass is 10.2. The lowest BCUT2D eigenvalue weighted by Gasteiger charge is -2.06. The number of alkyl halides is 1. The number of halogens is 1. The Morgan fingerprint density at radius 1 is 1.17 bits per heavy atom. The molecule has 12 heavy (non-hydrogen) atoms. The molecule has 0 N–H and O–H groups in total. The van der Waals surface area contributed by atoms with Gasteiger partial charge >= 0.3 is 0 Å². The molecule has 0 aromatic heterocycles. The van der Waals surface area contributed by atoms with Crippen LogP contribution in [-0.4, -0.2) is 18.6 Å². The summed E-state index contributed by atoms with van der Waals surface area (Å²) < 4.78 is 5.40. The zero-order valence-corrected chi connectivity index (χ0v) is 9.07. The van der Waals surface area contributed by atoms with Crippen LogP contribution in [0.4, 0.5) is 0 Å². The first-order valence-electron chi connectivity index (χ1n) is 5.03. The average molecular weight is 193 g/mol. The van der Waals surface area contributed by atoms with Crippen molar-refractivity contribution in [3.8, 4) is 0 Å². The summed E-state index contributed by atoms with van der Waals surface area (Å²) in [5, 5.41) is 0.205. The molecule has 0 rings (SSSR count). The third-order valence-electron chi connectivity index (χ3n) is 1.88. The Kier molecular flexibility index (Phi) is 9.53. The molecule has 0 radical (unpaired) electrons. The molecule has 0 aromatic rings. The van der Waals surface area contributed by atoms with Gasteiger partial charge in [0.05, 0.1) is 12.0 Å². The first kappa shape index (κ1) is 12.2. The van der Waals surface area contributed by atoms with Gasteiger partial charge in [-0.1, -0.05) is 33.1 Å². The third-order valence-corrected chi connectivity index (χ3v) is 2.32. The molecule has 0 saturated carbocycles. The number of unbranched alkanes of at least 4 members (excludes halogenated alkanes) is 3. The van der Waals surface area contributed by atoms with E-state index in [-0.39, 0.29) is 5.38 Å². The molecule has 0 fully saturated rings. The summed E-state index contributed by atoms with van der Waals surface area (Å²) in [4.78, 5) is 0. The quantitative estimate of drug-likeness (QED) is 0.422. The topological polar surface area (TPSA) is 9.23 Å². The van der Waals surface area contributed by atoms with Gasteiger partial charge in [0, 0.05) is 6.61 Å². The largest absolute Gasteiger partial charge is 0.380 e. The molecule has 0 aliphatic carbocycles. The first-order valence-corrected chi connectivity index (χ1v) is 5.46. The lowest BCUT2D eigenvalue weighted by molar-refractivity contribution is 0.129. The fourth-order valence-electron chi connectivity index (χ4n) is 0.960. The Morgan fingerprint density at radius 2 is 1.92 bits per heavy atom. The van der Waals surface area contributed by atoms with E-state index in [4.69, 9.17) is 16.3 Å². The van der Waals surface area contributed by atoms with Crippen LogP contribution in [0.15, 0.2) is 0 Å². The second kappa shape index (κ2) is 9.34. The van der Waals surface area contributed by atoms with Crippen LogP contribution >= 0.6 is 11.6 Å². The molecule has 2 heteroatoms. The van der Waals surface area contributed by atoms with Gasteiger partial charge in [-0.05, 0) is 12.8 Å². The molecule has 0 aliphatic rings. The van der Waals surface area contributed by atoms with Gasteiger partial charge in [0.25, 0.3) is 0 Å². The predicted octanol–water partition coefficient (Wildman–Crippen LogP) is 3.60. The fraction of sp³-hybridized carbons (Fsp3) is 1.00. The zero-order valence-electron chi connectivity index (χ0n) is 8.31. The van der Waals surface area contributed by atoms with Crippen molar-refractivity contribution >= 4 is 11.6 Å². The van der Waals surface area contributed by atoms with Crippen LogP contribution in [0.25, 0.3) is 0 Å². The Morgan fingerprint density at radius 3 is 2.50 bits per heavy atom. The molecule has 0 aliphatic heterocycles. The Balaban J connectivity index is 2.90. The number of rotatable bonds is 8. The van der Waals surface area contributed by atoms with Gasteiger partial charge in [0.15, 0.2) is 0 Å². The Hall–Kier alpha value is 0.250. The fourth-order valence-corrected chi connectivity index (χ4v) is 1.05. The van der Waals surface area contributed by atoms with Gasteiger partial charge in [-0.15, -0.1) is 11.6 Å². The number of ether oxygens (including phenoxy) is 1. The van der Waals surface area contributed by atoms with Crippen molar-refractivity contribution in [3.05, 3.63) is 0 Å². The highest BCUT2D eigenvalue weighted by atomic mass is 35.5. The smallest absolute Gasteiger partial charge is 0.0630 e. The van der Waals surface area contributed by atoms with Crippen molar-refractivity contribution in [1.29, 1.82) is 0 Å². The molecule has 0 bridgehead atoms. The summed E-state index contributed by atoms with van der Waals surface area (Å²) in [5.41, 5.74) is 0. The minimum atomic E-state index is 0.205. The van der Waals surface area contributed by atoms with Gasteiger partial charge in [-0.2, -0.15) is 0 Å². The predicted molar refractivity (Wildman–Crippen MR) is 54.9 cm³/mol. The van der Waals surface area contributed by atoms with E-state index in [0.717, 1.165) is 13.0 Å². The van der Waals surface area contributed by atoms with Crippen molar-refractivity contribution in [2.75, 3.05) is 13.2 Å². The van der Waals surface area contributed by atoms with Crippen molar-refractivity contribution in [1.82, 2.24) is 0 Å². The van der Waals surface area contributed by atoms with E-state index in [9.17, 15) is 0 Å². The van der Waals surface area contributed by atoms with Crippen LogP contribution in [0.5, 0.6) is 0 Å². The highest BCUT2D eigenvalue weighted by molar-refractivity contribution is 6.20. The van der Waals surface area contributed by atoms with Crippen LogP contribution < -0.4 is 0 Å². The van der Waals surface area contributed by atoms with E-state index in [1.165, 1.54) is 25.7 Å². The van der Waals surface area contributed by atoms with Gasteiger partial charge in [-0.3, -0.25) is 0 Å². The molecule has 1 unspecified atom stereocenters. The summed E-state index contributed by atoms with van der Waals surface area (Å²) in [7, 11) is 0. The van der Waals surface area contributed by atoms with Crippen LogP contribution in [-0.2, 0) is 4.74 Å². The summed E-state index contributed by atoms with van der Waals surface area (Å²) in [6.45, 7) is 5.89. The normalized spacial score (nSPS) is 13.2. The van der Waals surface area contributed by atoms with Crippen LogP contribution in [0, 0.1) is 0 Å². The summed E-state index contributed by atoms with van der Waals surface area (Å²) >= 11 is 5.88. The molecular formula is C10H21ClO. The van der Waals surface area contributed by atoms with E-state index in [2.05, 4.69) is 13.8 Å². The van der Waals surface area contributed by atoms with Gasteiger partial charge in [0.2, 0.25) is 0 Å². The molecule has 0 saturated heterocycles. The van der Waals surface area contributed by atoms with E-state index in [1.54, 1.807) is 0 Å². The Bertz CT molecular complexity index is 85.9. The van der Waals surface area contributed by atoms with Crippen LogP contribution in [0.2, 0.25) is 0 Å². The van der Waals surface area contributed by atoms with Crippen molar-refractivity contribution in [3.63, 3.8) is 0 Å². The minimum absolute atomic E-state index is 0.205. The number of hydrogen-bond donors (Lipinski definition) is 0. The van der Waals surface area contributed by atoms with Crippen molar-refractivity contribution in [2.45, 2.75) is 51.3 Å². The van der Waals surface area contributed by atoms with Crippen molar-refractivity contribution in [2.24, 2.45) is 0 Å². The molecule has 0 aromatic carbocycles. The molecule has 1 nitrogen and oxygen atoms in total. The maximum absolute atomic E-state index is 5.88. The van der Waals surface area contributed by atoms with E-state index in [0.29, 0.717) is 6.61 Å². The summed E-state index contributed by atoms with van der Waals surface area (Å²) in [6.07, 6.45) is 6.07. The van der Waals surface area contributed by atoms with Gasteiger partial charge < -0.3 is 4.74 Å². The number of hydrogen-bond acceptors (Lipinski definition) is 1. The first-order chi connectivity index (χ1) is 5.81. The highest BCUT2D eigenvalue weighted by Crippen LogP contribution is 2.03. The standard InChI is InChI=1S/C10H21ClO/c1-3-5-6-7-8-12-9-10(11)4-2/h10H,3-9H2,1-2H3. The third kappa shape index (κ3) is 8.35. The van der Waals surface area contributed by atoms with E-state index in [1.807, 2.05) is 0 Å². The van der Waals surface area contributed by atoms with E-state index < -0.39 is 0 Å².